The Morgan fingerprint density at radius 1 is 1.42 bits per heavy atom. The van der Waals surface area contributed by atoms with Gasteiger partial charge in [0.2, 0.25) is 5.78 Å². The van der Waals surface area contributed by atoms with Crippen LogP contribution in [0.5, 0.6) is 0 Å². The van der Waals surface area contributed by atoms with Crippen LogP contribution in [0.2, 0.25) is 11.1 Å². The molecule has 0 spiro atoms. The van der Waals surface area contributed by atoms with Crippen molar-refractivity contribution in [2.24, 2.45) is 0 Å². The first kappa shape index (κ1) is 15.0. The highest BCUT2D eigenvalue weighted by molar-refractivity contribution is 9.12. The summed E-state index contributed by atoms with van der Waals surface area (Å²) in [5.74, 6) is 0.00641. The Bertz CT molecular complexity index is 456. The van der Waals surface area contributed by atoms with Gasteiger partial charge in [0.05, 0.1) is 10.6 Å². The number of halogens is 1. The predicted molar refractivity (Wildman–Crippen MR) is 80.3 cm³/mol. The van der Waals surface area contributed by atoms with Gasteiger partial charge in [-0.3, -0.25) is 4.79 Å². The number of rotatable bonds is 4. The molecule has 0 amide bonds. The zero-order chi connectivity index (χ0) is 14.4. The molecule has 0 radical (unpaired) electrons. The molecule has 0 aromatic rings. The van der Waals surface area contributed by atoms with Gasteiger partial charge in [-0.1, -0.05) is 27.7 Å². The molecular formula is C14H19BrO3Si. The number of epoxide rings is 1. The minimum Gasteiger partial charge on any atom is -0.395 e. The van der Waals surface area contributed by atoms with Crippen molar-refractivity contribution < 1.29 is 14.0 Å². The lowest BCUT2D eigenvalue weighted by molar-refractivity contribution is -0.116. The third-order valence-corrected chi connectivity index (χ3v) is 9.13. The van der Waals surface area contributed by atoms with E-state index in [0.717, 1.165) is 0 Å². The van der Waals surface area contributed by atoms with Crippen LogP contribution in [-0.4, -0.2) is 32.4 Å². The van der Waals surface area contributed by atoms with Crippen LogP contribution in [-0.2, 0) is 14.0 Å². The van der Waals surface area contributed by atoms with Crippen LogP contribution in [0.4, 0.5) is 0 Å². The Morgan fingerprint density at radius 2 is 2.00 bits per heavy atom. The molecule has 0 aromatic heterocycles. The number of carbonyl (C=O) groups is 1. The van der Waals surface area contributed by atoms with Gasteiger partial charge in [0.1, 0.15) is 6.10 Å². The Morgan fingerprint density at radius 3 is 2.47 bits per heavy atom. The number of hydrogen-bond acceptors (Lipinski definition) is 3. The summed E-state index contributed by atoms with van der Waals surface area (Å²) in [5.41, 5.74) is 3.60. The molecule has 0 bridgehead atoms. The van der Waals surface area contributed by atoms with E-state index in [0.29, 0.717) is 15.6 Å². The largest absolute Gasteiger partial charge is 0.395 e. The zero-order valence-electron chi connectivity index (χ0n) is 11.6. The van der Waals surface area contributed by atoms with Gasteiger partial charge in [-0.05, 0) is 33.1 Å². The number of Topliss-reactive ketones (excluding diaryl/α,β-unsaturated/α-hetero) is 1. The fraction of sp³-hybridized carbons (Fsp3) is 0.643. The van der Waals surface area contributed by atoms with Crippen LogP contribution in [0.15, 0.2) is 10.6 Å². The lowest BCUT2D eigenvalue weighted by Crippen LogP contribution is -2.48. The van der Waals surface area contributed by atoms with E-state index in [2.05, 4.69) is 49.2 Å². The SMILES string of the molecule is C#C[Si](O[C@@H]1C=C(Br)C(=O)[C@H]2O[C@H]21)(C(C)C)C(C)C. The summed E-state index contributed by atoms with van der Waals surface area (Å²) in [4.78, 5) is 11.7. The summed E-state index contributed by atoms with van der Waals surface area (Å²) < 4.78 is 12.3. The minimum atomic E-state index is -2.31. The van der Waals surface area contributed by atoms with Crippen LogP contribution in [0.3, 0.4) is 0 Å². The number of fused-ring (bicyclic) bond motifs is 1. The zero-order valence-corrected chi connectivity index (χ0v) is 14.2. The first-order chi connectivity index (χ1) is 8.83. The molecule has 0 saturated carbocycles. The van der Waals surface area contributed by atoms with E-state index in [9.17, 15) is 4.79 Å². The predicted octanol–water partition coefficient (Wildman–Crippen LogP) is 2.94. The number of terminal acetylenes is 1. The van der Waals surface area contributed by atoms with Crippen molar-refractivity contribution in [2.75, 3.05) is 0 Å². The van der Waals surface area contributed by atoms with E-state index >= 15 is 0 Å². The van der Waals surface area contributed by atoms with Gasteiger partial charge in [0, 0.05) is 0 Å². The highest BCUT2D eigenvalue weighted by Crippen LogP contribution is 2.41. The molecule has 0 aromatic carbocycles. The van der Waals surface area contributed by atoms with Crippen molar-refractivity contribution in [3.63, 3.8) is 0 Å². The topological polar surface area (TPSA) is 38.8 Å². The molecule has 104 valence electrons. The second kappa shape index (κ2) is 5.17. The fourth-order valence-electron chi connectivity index (χ4n) is 2.67. The molecule has 5 heteroatoms. The number of ether oxygens (including phenoxy) is 1. The molecule has 2 rings (SSSR count). The highest BCUT2D eigenvalue weighted by Gasteiger charge is 2.56. The lowest BCUT2D eigenvalue weighted by atomic mass is 10.0. The molecule has 1 saturated heterocycles. The van der Waals surface area contributed by atoms with Gasteiger partial charge in [-0.25, -0.2) is 0 Å². The maximum atomic E-state index is 11.7. The molecule has 0 N–H and O–H groups in total. The second-order valence-electron chi connectivity index (χ2n) is 5.73. The van der Waals surface area contributed by atoms with E-state index < -0.39 is 8.32 Å². The quantitative estimate of drug-likeness (QED) is 0.448. The van der Waals surface area contributed by atoms with E-state index in [4.69, 9.17) is 15.6 Å². The summed E-state index contributed by atoms with van der Waals surface area (Å²) in [6.45, 7) is 8.46. The molecule has 0 unspecified atom stereocenters. The van der Waals surface area contributed by atoms with Crippen molar-refractivity contribution in [3.05, 3.63) is 10.6 Å². The molecule has 19 heavy (non-hydrogen) atoms. The maximum Gasteiger partial charge on any atom is 0.277 e. The average Bonchev–Trinajstić information content (AvgIpc) is 3.11. The molecule has 1 aliphatic heterocycles. The first-order valence-corrected chi connectivity index (χ1v) is 9.41. The van der Waals surface area contributed by atoms with Crippen LogP contribution in [0, 0.1) is 12.0 Å². The smallest absolute Gasteiger partial charge is 0.277 e. The van der Waals surface area contributed by atoms with Gasteiger partial charge >= 0.3 is 0 Å². The first-order valence-electron chi connectivity index (χ1n) is 6.56. The Hall–Kier alpha value is -0.413. The van der Waals surface area contributed by atoms with Gasteiger partial charge in [0.25, 0.3) is 8.32 Å². The molecule has 3 atom stereocenters. The van der Waals surface area contributed by atoms with Crippen molar-refractivity contribution in [1.82, 2.24) is 0 Å². The van der Waals surface area contributed by atoms with Crippen LogP contribution < -0.4 is 0 Å². The van der Waals surface area contributed by atoms with Gasteiger partial charge in [-0.15, -0.1) is 12.0 Å². The van der Waals surface area contributed by atoms with E-state index in [1.165, 1.54) is 0 Å². The minimum absolute atomic E-state index is 0.00641. The summed E-state index contributed by atoms with van der Waals surface area (Å²) in [5, 5.41) is 0. The van der Waals surface area contributed by atoms with Gasteiger partial charge < -0.3 is 9.16 Å². The number of carbonyl (C=O) groups excluding carboxylic acids is 1. The van der Waals surface area contributed by atoms with Crippen LogP contribution in [0.25, 0.3) is 0 Å². The lowest BCUT2D eigenvalue weighted by Gasteiger charge is -2.36. The summed E-state index contributed by atoms with van der Waals surface area (Å²) in [6, 6.07) is 0. The number of hydrogen-bond donors (Lipinski definition) is 0. The summed E-state index contributed by atoms with van der Waals surface area (Å²) >= 11 is 3.28. The molecule has 1 heterocycles. The Kier molecular flexibility index (Phi) is 4.08. The van der Waals surface area contributed by atoms with E-state index in [-0.39, 0.29) is 24.1 Å². The molecule has 3 nitrogen and oxygen atoms in total. The van der Waals surface area contributed by atoms with Gasteiger partial charge in [0.15, 0.2) is 6.10 Å². The second-order valence-corrected chi connectivity index (χ2v) is 11.0. The van der Waals surface area contributed by atoms with Gasteiger partial charge in [-0.2, -0.15) is 0 Å². The standard InChI is InChI=1S/C14H19BrO3Si/c1-6-19(8(2)3,9(4)5)18-11-7-10(15)12(16)14-13(11)17-14/h1,7-9,11,13-14H,2-5H3/t11-,13+,14-/m1/s1. The van der Waals surface area contributed by atoms with Crippen molar-refractivity contribution in [3.8, 4) is 12.0 Å². The monoisotopic (exact) mass is 342 g/mol. The molecular weight excluding hydrogens is 324 g/mol. The maximum absolute atomic E-state index is 11.7. The van der Waals surface area contributed by atoms with Crippen molar-refractivity contribution in [2.45, 2.75) is 57.1 Å². The fourth-order valence-corrected chi connectivity index (χ4v) is 6.43. The average molecular weight is 343 g/mol. The van der Waals surface area contributed by atoms with Crippen molar-refractivity contribution >= 4 is 30.0 Å². The third kappa shape index (κ3) is 2.47. The molecule has 2 aliphatic rings. The molecule has 1 aliphatic carbocycles. The Balaban J connectivity index is 2.24. The Labute approximate surface area is 124 Å². The number of ketones is 1. The highest BCUT2D eigenvalue weighted by atomic mass is 79.9. The van der Waals surface area contributed by atoms with Crippen LogP contribution >= 0.6 is 15.9 Å². The van der Waals surface area contributed by atoms with Crippen LogP contribution in [0.1, 0.15) is 27.7 Å². The third-order valence-electron chi connectivity index (χ3n) is 3.93. The van der Waals surface area contributed by atoms with E-state index in [1.807, 2.05) is 0 Å². The summed E-state index contributed by atoms with van der Waals surface area (Å²) in [7, 11) is -2.31. The van der Waals surface area contributed by atoms with E-state index in [1.54, 1.807) is 6.08 Å². The normalized spacial score (nSPS) is 30.1. The molecule has 1 fully saturated rings. The summed E-state index contributed by atoms with van der Waals surface area (Å²) in [6.07, 6.45) is 6.91. The van der Waals surface area contributed by atoms with Crippen molar-refractivity contribution in [1.29, 1.82) is 0 Å².